The van der Waals surface area contributed by atoms with Crippen LogP contribution in [0.15, 0.2) is 15.8 Å². The van der Waals surface area contributed by atoms with Gasteiger partial charge in [0.05, 0.1) is 12.7 Å². The first kappa shape index (κ1) is 37.5. The van der Waals surface area contributed by atoms with Crippen LogP contribution in [0.2, 0.25) is 0 Å². The van der Waals surface area contributed by atoms with Crippen molar-refractivity contribution in [2.24, 2.45) is 0 Å². The third-order valence-corrected chi connectivity index (χ3v) is 9.13. The zero-order valence-corrected chi connectivity index (χ0v) is 25.2. The topological polar surface area (TPSA) is 268 Å². The molecular weight excluding hydrogens is 615 g/mol. The smallest absolute Gasteiger partial charge is 0.396 e. The summed E-state index contributed by atoms with van der Waals surface area (Å²) in [7, 11) is -16.7. The zero-order valence-electron chi connectivity index (χ0n) is 22.6. The number of hydrogen-bond donors (Lipinski definition) is 7. The molecule has 0 aromatic carbocycles. The number of nitrogens with zero attached hydrogens (tertiary/aromatic N) is 2. The van der Waals surface area contributed by atoms with E-state index < -0.39 is 59.8 Å². The number of unbranched alkanes of at least 4 members (excludes halogenated alkanes) is 1. The molecule has 2 unspecified atom stereocenters. The van der Waals surface area contributed by atoms with E-state index in [2.05, 4.69) is 50.7 Å². The second kappa shape index (κ2) is 17.0. The molecule has 0 radical (unpaired) electrons. The molecule has 236 valence electrons. The lowest BCUT2D eigenvalue weighted by Gasteiger charge is -2.19. The largest absolute Gasteiger partial charge is 0.490 e. The van der Waals surface area contributed by atoms with E-state index >= 15 is 0 Å². The predicted octanol–water partition coefficient (Wildman–Crippen LogP) is 0.000400. The first-order valence-electron chi connectivity index (χ1n) is 12.3. The minimum absolute atomic E-state index is 0.0971. The summed E-state index contributed by atoms with van der Waals surface area (Å²) in [5, 5.41) is 18.9. The summed E-state index contributed by atoms with van der Waals surface area (Å²) in [6.45, 7) is 9.10. The molecule has 2 heterocycles. The molecular formula is C20H36N3O15P3. The molecule has 2 rings (SSSR count). The summed E-state index contributed by atoms with van der Waals surface area (Å²) in [4.78, 5) is 64.1. The maximum atomic E-state index is 12.1. The summed E-state index contributed by atoms with van der Waals surface area (Å²) in [6.07, 6.45) is -2.42. The normalized spacial score (nSPS) is 21.8. The van der Waals surface area contributed by atoms with Gasteiger partial charge in [-0.25, -0.2) is 18.5 Å². The number of ether oxygens (including phenoxy) is 1. The molecule has 1 aliphatic rings. The molecule has 5 atom stereocenters. The maximum absolute atomic E-state index is 12.1. The van der Waals surface area contributed by atoms with Crippen molar-refractivity contribution in [3.63, 3.8) is 0 Å². The summed E-state index contributed by atoms with van der Waals surface area (Å²) < 4.78 is 51.6. The Kier molecular flexibility index (Phi) is 15.5. The van der Waals surface area contributed by atoms with Gasteiger partial charge in [0.25, 0.3) is 5.56 Å². The van der Waals surface area contributed by atoms with Crippen molar-refractivity contribution in [2.45, 2.75) is 58.5 Å². The third kappa shape index (κ3) is 14.0. The second-order valence-electron chi connectivity index (χ2n) is 8.28. The highest BCUT2D eigenvalue weighted by atomic mass is 31.3. The van der Waals surface area contributed by atoms with E-state index in [0.717, 1.165) is 10.8 Å². The van der Waals surface area contributed by atoms with E-state index in [4.69, 9.17) is 24.5 Å². The molecule has 0 spiro atoms. The number of phosphoric ester groups is 1. The molecule has 41 heavy (non-hydrogen) atoms. The molecule has 0 bridgehead atoms. The van der Waals surface area contributed by atoms with Crippen molar-refractivity contribution in [2.75, 3.05) is 32.8 Å². The highest BCUT2D eigenvalue weighted by Gasteiger charge is 2.43. The Morgan fingerprint density at radius 1 is 1.07 bits per heavy atom. The summed E-state index contributed by atoms with van der Waals surface area (Å²) in [5.41, 5.74) is -1.79. The maximum Gasteiger partial charge on any atom is 0.490 e. The predicted molar refractivity (Wildman–Crippen MR) is 142 cm³/mol. The Hall–Kier alpha value is -1.51. The first-order valence-corrected chi connectivity index (χ1v) is 16.8. The van der Waals surface area contributed by atoms with Crippen LogP contribution in [-0.2, 0) is 31.6 Å². The monoisotopic (exact) mass is 651 g/mol. The van der Waals surface area contributed by atoms with Crippen LogP contribution >= 0.6 is 23.5 Å². The van der Waals surface area contributed by atoms with Crippen molar-refractivity contribution >= 4 is 23.5 Å². The molecule has 7 N–H and O–H groups in total. The molecule has 1 aliphatic heterocycles. The van der Waals surface area contributed by atoms with Gasteiger partial charge < -0.3 is 39.4 Å². The third-order valence-electron chi connectivity index (χ3n) is 5.32. The molecule has 18 nitrogen and oxygen atoms in total. The van der Waals surface area contributed by atoms with Crippen molar-refractivity contribution in [1.29, 1.82) is 0 Å². The van der Waals surface area contributed by atoms with Crippen LogP contribution in [0.1, 0.15) is 51.8 Å². The van der Waals surface area contributed by atoms with Crippen LogP contribution in [-0.4, -0.2) is 89.3 Å². The fraction of sp³-hybridized carbons (Fsp3) is 0.700. The van der Waals surface area contributed by atoms with Crippen molar-refractivity contribution in [1.82, 2.24) is 14.5 Å². The fourth-order valence-electron chi connectivity index (χ4n) is 3.29. The Morgan fingerprint density at radius 3 is 2.20 bits per heavy atom. The quantitative estimate of drug-likeness (QED) is 0.0840. The van der Waals surface area contributed by atoms with E-state index in [1.54, 1.807) is 0 Å². The van der Waals surface area contributed by atoms with E-state index in [-0.39, 0.29) is 25.0 Å². The van der Waals surface area contributed by atoms with Crippen molar-refractivity contribution in [3.05, 3.63) is 32.6 Å². The van der Waals surface area contributed by atoms with E-state index in [9.17, 15) is 33.3 Å². The van der Waals surface area contributed by atoms with Crippen molar-refractivity contribution < 1.29 is 61.4 Å². The van der Waals surface area contributed by atoms with Gasteiger partial charge in [0.1, 0.15) is 17.9 Å². The van der Waals surface area contributed by atoms with E-state index in [0.29, 0.717) is 6.42 Å². The lowest BCUT2D eigenvalue weighted by atomic mass is 10.2. The van der Waals surface area contributed by atoms with E-state index in [1.807, 2.05) is 4.98 Å². The van der Waals surface area contributed by atoms with Gasteiger partial charge in [-0.15, -0.1) is 0 Å². The molecule has 0 amide bonds. The number of aromatic amines is 1. The van der Waals surface area contributed by atoms with Gasteiger partial charge in [-0.1, -0.05) is 32.6 Å². The van der Waals surface area contributed by atoms with Gasteiger partial charge in [-0.3, -0.25) is 18.9 Å². The molecule has 1 saturated heterocycles. The van der Waals surface area contributed by atoms with E-state index in [1.165, 1.54) is 19.6 Å². The summed E-state index contributed by atoms with van der Waals surface area (Å²) >= 11 is 0. The number of phosphoric acid groups is 3. The Bertz CT molecular complexity index is 1290. The van der Waals surface area contributed by atoms with Crippen molar-refractivity contribution in [3.8, 4) is 11.8 Å². The van der Waals surface area contributed by atoms with Crippen LogP contribution in [0.5, 0.6) is 0 Å². The Morgan fingerprint density at radius 2 is 1.68 bits per heavy atom. The highest BCUT2D eigenvalue weighted by molar-refractivity contribution is 7.66. The average Bonchev–Trinajstić information content (AvgIpc) is 3.21. The minimum Gasteiger partial charge on any atom is -0.396 e. The lowest BCUT2D eigenvalue weighted by Crippen LogP contribution is -2.33. The minimum atomic E-state index is -5.71. The van der Waals surface area contributed by atoms with Gasteiger partial charge in [-0.2, -0.15) is 8.62 Å². The molecule has 21 heteroatoms. The number of aliphatic hydroxyl groups excluding tert-OH is 2. The molecule has 1 fully saturated rings. The number of aliphatic hydroxyl groups is 2. The van der Waals surface area contributed by atoms with Gasteiger partial charge in [0.2, 0.25) is 0 Å². The Balaban J connectivity index is 0.00000106. The Labute approximate surface area is 235 Å². The summed E-state index contributed by atoms with van der Waals surface area (Å²) in [6, 6.07) is 0. The molecule has 0 aliphatic carbocycles. The average molecular weight is 651 g/mol. The molecule has 1 aromatic rings. The second-order valence-corrected chi connectivity index (χ2v) is 12.7. The molecule has 1 aromatic heterocycles. The zero-order chi connectivity index (χ0) is 31.4. The van der Waals surface area contributed by atoms with Crippen LogP contribution in [0.3, 0.4) is 0 Å². The van der Waals surface area contributed by atoms with Gasteiger partial charge in [0, 0.05) is 25.6 Å². The van der Waals surface area contributed by atoms with Gasteiger partial charge >= 0.3 is 29.2 Å². The fourth-order valence-corrected chi connectivity index (χ4v) is 6.32. The van der Waals surface area contributed by atoms with Gasteiger partial charge in [-0.05, 0) is 26.1 Å². The number of H-pyrrole nitrogens is 1. The van der Waals surface area contributed by atoms with Crippen LogP contribution in [0.4, 0.5) is 0 Å². The van der Waals surface area contributed by atoms with Crippen LogP contribution in [0, 0.1) is 11.8 Å². The standard InChI is InChI=1S/C14H21N2O15P3.C6H15N/c17-5-3-1-2-4-9-7-16(14(20)15-13(9)19)12-6-10(18)11(29-12)8-28-33(24,25)31-34(26,27)30-32(21,22)23;1-4-7(5-2)6-3/h7,10-12,17-18H,1,3,5-6,8H2,(H,24,25)(H,26,27)(H,15,19,20)(H2,21,22,23);4-6H2,1-3H3/t10-,11+,12+;/m0./s1. The molecule has 0 saturated carbocycles. The van der Waals surface area contributed by atoms with Crippen LogP contribution in [0.25, 0.3) is 0 Å². The summed E-state index contributed by atoms with van der Waals surface area (Å²) in [5.74, 6) is 5.17. The number of hydrogen-bond acceptors (Lipinski definition) is 12. The van der Waals surface area contributed by atoms with Crippen LogP contribution < -0.4 is 11.2 Å². The number of aromatic nitrogens is 2. The first-order chi connectivity index (χ1) is 19.0. The lowest BCUT2D eigenvalue weighted by molar-refractivity contribution is -0.0450. The highest BCUT2D eigenvalue weighted by Crippen LogP contribution is 2.66. The van der Waals surface area contributed by atoms with Gasteiger partial charge in [0.15, 0.2) is 0 Å². The number of rotatable bonds is 13. The SMILES string of the molecule is CCN(CC)CC.O=c1[nH]c(=O)n([C@H]2C[C@H](O)[C@@H](COP(=O)(O)OP(=O)(O)OP(=O)(O)O)O2)cc1C#CCCCO. The number of nitrogens with one attached hydrogen (secondary N) is 1.